The lowest BCUT2D eigenvalue weighted by molar-refractivity contribution is -0.146. The molecule has 0 aliphatic carbocycles. The van der Waals surface area contributed by atoms with Gasteiger partial charge in [-0.1, -0.05) is 0 Å². The molecule has 8 heteroatoms. The Morgan fingerprint density at radius 3 is 2.35 bits per heavy atom. The topological polar surface area (TPSA) is 77.1 Å². The van der Waals surface area contributed by atoms with Crippen LogP contribution in [0.2, 0.25) is 0 Å². The molecule has 0 unspecified atom stereocenters. The summed E-state index contributed by atoms with van der Waals surface area (Å²) in [5.41, 5.74) is 0.593. The van der Waals surface area contributed by atoms with Gasteiger partial charge in [0.15, 0.2) is 5.57 Å². The number of hydrogen-bond donors (Lipinski definition) is 1. The number of ether oxygens (including phenoxy) is 3. The second kappa shape index (κ2) is 9.76. The second-order valence-corrected chi connectivity index (χ2v) is 5.41. The Bertz CT molecular complexity index is 652. The van der Waals surface area contributed by atoms with E-state index in [0.29, 0.717) is 37.7 Å². The summed E-state index contributed by atoms with van der Waals surface area (Å²) in [6, 6.07) is 4.61. The highest BCUT2D eigenvalue weighted by Gasteiger charge is 2.21. The highest BCUT2D eigenvalue weighted by Crippen LogP contribution is 2.24. The number of morpholine rings is 1. The third kappa shape index (κ3) is 5.19. The Hall–Kier alpha value is -2.61. The summed E-state index contributed by atoms with van der Waals surface area (Å²) >= 11 is 0. The van der Waals surface area contributed by atoms with Gasteiger partial charge in [0.2, 0.25) is 0 Å². The molecule has 1 heterocycles. The molecule has 0 amide bonds. The second-order valence-electron chi connectivity index (χ2n) is 5.41. The van der Waals surface area contributed by atoms with Crippen molar-refractivity contribution < 1.29 is 28.2 Å². The standard InChI is InChI=1S/C18H23FN2O5/c1-3-25-17(22)14(18(23)26-4-2)12-20-13-5-6-16(15(19)11-13)21-7-9-24-10-8-21/h5-6,11-12,20H,3-4,7-10H2,1-2H3. The van der Waals surface area contributed by atoms with Crippen LogP contribution < -0.4 is 10.2 Å². The van der Waals surface area contributed by atoms with Gasteiger partial charge < -0.3 is 24.4 Å². The lowest BCUT2D eigenvalue weighted by atomic mass is 10.2. The van der Waals surface area contributed by atoms with E-state index in [4.69, 9.17) is 14.2 Å². The quantitative estimate of drug-likeness (QED) is 0.343. The molecule has 1 aromatic rings. The predicted octanol–water partition coefficient (Wildman–Crippen LogP) is 2.08. The van der Waals surface area contributed by atoms with Crippen molar-refractivity contribution >= 4 is 23.3 Å². The minimum absolute atomic E-state index is 0.123. The van der Waals surface area contributed by atoms with Gasteiger partial charge in [-0.2, -0.15) is 0 Å². The molecule has 7 nitrogen and oxygen atoms in total. The van der Waals surface area contributed by atoms with E-state index in [2.05, 4.69) is 5.32 Å². The highest BCUT2D eigenvalue weighted by atomic mass is 19.1. The zero-order valence-corrected chi connectivity index (χ0v) is 14.9. The van der Waals surface area contributed by atoms with Crippen LogP contribution >= 0.6 is 0 Å². The lowest BCUT2D eigenvalue weighted by Crippen LogP contribution is -2.36. The van der Waals surface area contributed by atoms with Gasteiger partial charge >= 0.3 is 11.9 Å². The number of nitrogens with one attached hydrogen (secondary N) is 1. The van der Waals surface area contributed by atoms with E-state index in [0.717, 1.165) is 0 Å². The van der Waals surface area contributed by atoms with Crippen molar-refractivity contribution in [1.29, 1.82) is 0 Å². The summed E-state index contributed by atoms with van der Waals surface area (Å²) in [5, 5.41) is 2.75. The van der Waals surface area contributed by atoms with Crippen LogP contribution in [0, 0.1) is 5.82 Å². The molecule has 0 bridgehead atoms. The summed E-state index contributed by atoms with van der Waals surface area (Å²) in [7, 11) is 0. The Labute approximate surface area is 151 Å². The van der Waals surface area contributed by atoms with E-state index >= 15 is 0 Å². The monoisotopic (exact) mass is 366 g/mol. The van der Waals surface area contributed by atoms with Crippen molar-refractivity contribution in [2.45, 2.75) is 13.8 Å². The number of anilines is 2. The van der Waals surface area contributed by atoms with E-state index < -0.39 is 17.8 Å². The van der Waals surface area contributed by atoms with E-state index in [9.17, 15) is 14.0 Å². The van der Waals surface area contributed by atoms with Gasteiger partial charge in [-0.25, -0.2) is 14.0 Å². The molecule has 142 valence electrons. The van der Waals surface area contributed by atoms with Gasteiger partial charge in [0.1, 0.15) is 5.82 Å². The molecule has 26 heavy (non-hydrogen) atoms. The summed E-state index contributed by atoms with van der Waals surface area (Å²) in [6.45, 7) is 5.88. The average Bonchev–Trinajstić information content (AvgIpc) is 2.63. The van der Waals surface area contributed by atoms with Crippen LogP contribution in [0.4, 0.5) is 15.8 Å². The summed E-state index contributed by atoms with van der Waals surface area (Å²) in [4.78, 5) is 25.7. The normalized spacial score (nSPS) is 13.7. The number of esters is 2. The lowest BCUT2D eigenvalue weighted by Gasteiger charge is -2.29. The molecular formula is C18H23FN2O5. The van der Waals surface area contributed by atoms with Crippen molar-refractivity contribution in [2.75, 3.05) is 49.7 Å². The first-order valence-corrected chi connectivity index (χ1v) is 8.50. The Morgan fingerprint density at radius 2 is 1.81 bits per heavy atom. The number of benzene rings is 1. The molecule has 0 radical (unpaired) electrons. The first kappa shape index (κ1) is 19.7. The summed E-state index contributed by atoms with van der Waals surface area (Å²) < 4.78 is 29.3. The first-order chi connectivity index (χ1) is 12.6. The Balaban J connectivity index is 2.13. The van der Waals surface area contributed by atoms with E-state index in [1.54, 1.807) is 26.0 Å². The number of rotatable bonds is 7. The van der Waals surface area contributed by atoms with Crippen molar-refractivity contribution in [3.63, 3.8) is 0 Å². The first-order valence-electron chi connectivity index (χ1n) is 8.50. The van der Waals surface area contributed by atoms with Crippen LogP contribution in [0.25, 0.3) is 0 Å². The average molecular weight is 366 g/mol. The number of nitrogens with zero attached hydrogens (tertiary/aromatic N) is 1. The van der Waals surface area contributed by atoms with Gasteiger partial charge in [0.25, 0.3) is 0 Å². The fourth-order valence-electron chi connectivity index (χ4n) is 2.43. The molecule has 1 fully saturated rings. The third-order valence-electron chi connectivity index (χ3n) is 3.67. The molecule has 1 saturated heterocycles. The van der Waals surface area contributed by atoms with Crippen LogP contribution in [0.3, 0.4) is 0 Å². The highest BCUT2D eigenvalue weighted by molar-refractivity contribution is 6.14. The molecule has 0 aromatic heterocycles. The van der Waals surface area contributed by atoms with Crippen LogP contribution in [-0.2, 0) is 23.8 Å². The predicted molar refractivity (Wildman–Crippen MR) is 94.4 cm³/mol. The van der Waals surface area contributed by atoms with Gasteiger partial charge in [-0.05, 0) is 32.0 Å². The molecule has 1 aromatic carbocycles. The van der Waals surface area contributed by atoms with Gasteiger partial charge in [0.05, 0.1) is 32.1 Å². The van der Waals surface area contributed by atoms with Gasteiger partial charge in [-0.15, -0.1) is 0 Å². The molecule has 1 aliphatic rings. The maximum atomic E-state index is 14.4. The number of carbonyl (C=O) groups excluding carboxylic acids is 2. The van der Waals surface area contributed by atoms with E-state index in [1.807, 2.05) is 4.90 Å². The van der Waals surface area contributed by atoms with Crippen molar-refractivity contribution in [1.82, 2.24) is 0 Å². The Kier molecular flexibility index (Phi) is 7.40. The van der Waals surface area contributed by atoms with Crippen LogP contribution in [0.5, 0.6) is 0 Å². The molecule has 0 spiro atoms. The van der Waals surface area contributed by atoms with Crippen molar-refractivity contribution in [3.8, 4) is 0 Å². The summed E-state index contributed by atoms with van der Waals surface area (Å²) in [5.74, 6) is -2.01. The van der Waals surface area contributed by atoms with Crippen molar-refractivity contribution in [2.24, 2.45) is 0 Å². The molecule has 1 aliphatic heterocycles. The summed E-state index contributed by atoms with van der Waals surface area (Å²) in [6.07, 6.45) is 1.17. The largest absolute Gasteiger partial charge is 0.462 e. The van der Waals surface area contributed by atoms with Gasteiger partial charge in [0, 0.05) is 25.0 Å². The zero-order valence-electron chi connectivity index (χ0n) is 14.9. The van der Waals surface area contributed by atoms with Crippen LogP contribution in [0.15, 0.2) is 30.0 Å². The minimum atomic E-state index is -0.802. The number of halogens is 1. The van der Waals surface area contributed by atoms with Crippen LogP contribution in [-0.4, -0.2) is 51.5 Å². The molecule has 0 saturated carbocycles. The minimum Gasteiger partial charge on any atom is -0.462 e. The molecular weight excluding hydrogens is 343 g/mol. The van der Waals surface area contributed by atoms with E-state index in [1.165, 1.54) is 12.3 Å². The fourth-order valence-corrected chi connectivity index (χ4v) is 2.43. The van der Waals surface area contributed by atoms with Gasteiger partial charge in [-0.3, -0.25) is 0 Å². The number of hydrogen-bond acceptors (Lipinski definition) is 7. The molecule has 0 atom stereocenters. The van der Waals surface area contributed by atoms with Crippen LogP contribution in [0.1, 0.15) is 13.8 Å². The fraction of sp³-hybridized carbons (Fsp3) is 0.444. The maximum Gasteiger partial charge on any atom is 0.347 e. The third-order valence-corrected chi connectivity index (χ3v) is 3.67. The SMILES string of the molecule is CCOC(=O)C(=CNc1ccc(N2CCOCC2)c(F)c1)C(=O)OCC. The zero-order chi connectivity index (χ0) is 18.9. The smallest absolute Gasteiger partial charge is 0.347 e. The molecule has 1 N–H and O–H groups in total. The molecule has 2 rings (SSSR count). The Morgan fingerprint density at radius 1 is 1.19 bits per heavy atom. The maximum absolute atomic E-state index is 14.4. The van der Waals surface area contributed by atoms with Crippen molar-refractivity contribution in [3.05, 3.63) is 35.8 Å². The van der Waals surface area contributed by atoms with E-state index in [-0.39, 0.29) is 18.8 Å². The number of carbonyl (C=O) groups is 2.